The lowest BCUT2D eigenvalue weighted by molar-refractivity contribution is 1.17. The van der Waals surface area contributed by atoms with Crippen molar-refractivity contribution < 1.29 is 0 Å². The smallest absolute Gasteiger partial charge is 0.0670 e. The number of hydrogen-bond donors (Lipinski definition) is 2. The fraction of sp³-hybridized carbons (Fsp3) is 0.154. The van der Waals surface area contributed by atoms with Crippen LogP contribution >= 0.6 is 27.3 Å². The monoisotopic (exact) mass is 321 g/mol. The molecule has 2 aromatic rings. The Hall–Kier alpha value is -1.51. The van der Waals surface area contributed by atoms with Crippen LogP contribution in [0.5, 0.6) is 0 Å². The quantitative estimate of drug-likeness (QED) is 0.842. The summed E-state index contributed by atoms with van der Waals surface area (Å²) in [5, 5.41) is 14.1. The molecule has 0 saturated heterocycles. The molecule has 0 saturated carbocycles. The maximum absolute atomic E-state index is 8.72. The van der Waals surface area contributed by atoms with Gasteiger partial charge in [-0.2, -0.15) is 5.26 Å². The number of rotatable bonds is 4. The van der Waals surface area contributed by atoms with Crippen molar-refractivity contribution in [3.05, 3.63) is 44.6 Å². The molecular weight excluding hydrogens is 310 g/mol. The van der Waals surface area contributed by atoms with Crippen LogP contribution in [0.4, 0.5) is 11.4 Å². The molecular formula is C13H12BrN3S. The molecule has 1 heterocycles. The highest BCUT2D eigenvalue weighted by atomic mass is 79.9. The van der Waals surface area contributed by atoms with Crippen LogP contribution in [0.1, 0.15) is 10.4 Å². The molecule has 0 radical (unpaired) electrons. The molecule has 0 amide bonds. The Labute approximate surface area is 118 Å². The Morgan fingerprint density at radius 1 is 1.39 bits per heavy atom. The number of benzene rings is 1. The van der Waals surface area contributed by atoms with Crippen molar-refractivity contribution in [3.63, 3.8) is 0 Å². The Bertz CT molecular complexity index is 586. The first-order valence-corrected chi connectivity index (χ1v) is 7.09. The first-order chi connectivity index (χ1) is 8.70. The minimum atomic E-state index is 0.337. The van der Waals surface area contributed by atoms with E-state index in [2.05, 4.69) is 27.3 Å². The highest BCUT2D eigenvalue weighted by Crippen LogP contribution is 2.24. The van der Waals surface area contributed by atoms with Crippen LogP contribution in [0, 0.1) is 11.3 Å². The molecule has 2 rings (SSSR count). The van der Waals surface area contributed by atoms with Gasteiger partial charge in [-0.3, -0.25) is 0 Å². The second-order valence-electron chi connectivity index (χ2n) is 3.79. The number of anilines is 2. The Balaban J connectivity index is 2.08. The van der Waals surface area contributed by atoms with Gasteiger partial charge in [-0.1, -0.05) is 0 Å². The summed E-state index contributed by atoms with van der Waals surface area (Å²) in [5.41, 5.74) is 8.32. The topological polar surface area (TPSA) is 61.8 Å². The van der Waals surface area contributed by atoms with Gasteiger partial charge < -0.3 is 11.1 Å². The molecule has 1 aromatic heterocycles. The summed E-state index contributed by atoms with van der Waals surface area (Å²) in [6.45, 7) is 0.758. The lowest BCUT2D eigenvalue weighted by atomic mass is 10.1. The predicted octanol–water partition coefficient (Wildman–Crippen LogP) is 3.77. The summed E-state index contributed by atoms with van der Waals surface area (Å²) in [6, 6.07) is 9.84. The van der Waals surface area contributed by atoms with E-state index in [1.807, 2.05) is 29.6 Å². The SMILES string of the molecule is N#CCc1cc(NCc2sccc2Br)ccc1N. The third-order valence-electron chi connectivity index (χ3n) is 2.56. The molecule has 0 aliphatic carbocycles. The van der Waals surface area contributed by atoms with E-state index in [-0.39, 0.29) is 0 Å². The molecule has 18 heavy (non-hydrogen) atoms. The maximum atomic E-state index is 8.72. The normalized spacial score (nSPS) is 10.0. The number of hydrogen-bond acceptors (Lipinski definition) is 4. The van der Waals surface area contributed by atoms with Crippen molar-refractivity contribution in [3.8, 4) is 6.07 Å². The average Bonchev–Trinajstić information content (AvgIpc) is 2.76. The zero-order valence-corrected chi connectivity index (χ0v) is 12.0. The third-order valence-corrected chi connectivity index (χ3v) is 4.48. The molecule has 0 atom stereocenters. The molecule has 0 unspecified atom stereocenters. The summed E-state index contributed by atoms with van der Waals surface area (Å²) in [4.78, 5) is 1.24. The second kappa shape index (κ2) is 5.89. The zero-order valence-electron chi connectivity index (χ0n) is 9.61. The van der Waals surface area contributed by atoms with Gasteiger partial charge >= 0.3 is 0 Å². The molecule has 0 bridgehead atoms. The van der Waals surface area contributed by atoms with Gasteiger partial charge in [0.05, 0.1) is 19.0 Å². The van der Waals surface area contributed by atoms with Gasteiger partial charge in [0.1, 0.15) is 0 Å². The zero-order chi connectivity index (χ0) is 13.0. The van der Waals surface area contributed by atoms with Crippen LogP contribution in [0.15, 0.2) is 34.1 Å². The van der Waals surface area contributed by atoms with Crippen LogP contribution in [-0.2, 0) is 13.0 Å². The number of halogens is 1. The standard InChI is InChI=1S/C13H12BrN3S/c14-11-4-6-18-13(11)8-17-10-1-2-12(16)9(7-10)3-5-15/h1-2,4,6-7,17H,3,8,16H2. The van der Waals surface area contributed by atoms with Gasteiger partial charge in [-0.25, -0.2) is 0 Å². The minimum absolute atomic E-state index is 0.337. The molecule has 3 nitrogen and oxygen atoms in total. The highest BCUT2D eigenvalue weighted by molar-refractivity contribution is 9.10. The van der Waals surface area contributed by atoms with Crippen molar-refractivity contribution in [1.29, 1.82) is 5.26 Å². The molecule has 0 aliphatic heterocycles. The van der Waals surface area contributed by atoms with E-state index in [4.69, 9.17) is 11.0 Å². The maximum Gasteiger partial charge on any atom is 0.0670 e. The Morgan fingerprint density at radius 3 is 2.89 bits per heavy atom. The third kappa shape index (κ3) is 3.03. The molecule has 1 aromatic carbocycles. The van der Waals surface area contributed by atoms with Crippen molar-refractivity contribution in [2.24, 2.45) is 0 Å². The van der Waals surface area contributed by atoms with Crippen LogP contribution in [-0.4, -0.2) is 0 Å². The Kier molecular flexibility index (Phi) is 4.24. The summed E-state index contributed by atoms with van der Waals surface area (Å²) in [6.07, 6.45) is 0.337. The van der Waals surface area contributed by atoms with Crippen LogP contribution in [0.3, 0.4) is 0 Å². The number of nitrogens with one attached hydrogen (secondary N) is 1. The van der Waals surface area contributed by atoms with Gasteiger partial charge in [-0.05, 0) is 51.1 Å². The fourth-order valence-corrected chi connectivity index (χ4v) is 3.02. The first kappa shape index (κ1) is 12.9. The van der Waals surface area contributed by atoms with E-state index >= 15 is 0 Å². The predicted molar refractivity (Wildman–Crippen MR) is 79.5 cm³/mol. The van der Waals surface area contributed by atoms with Crippen molar-refractivity contribution >= 4 is 38.6 Å². The van der Waals surface area contributed by atoms with Crippen LogP contribution in [0.2, 0.25) is 0 Å². The summed E-state index contributed by atoms with van der Waals surface area (Å²) in [5.74, 6) is 0. The van der Waals surface area contributed by atoms with Gasteiger partial charge in [-0.15, -0.1) is 11.3 Å². The average molecular weight is 322 g/mol. The van der Waals surface area contributed by atoms with Gasteiger partial charge in [0.15, 0.2) is 0 Å². The summed E-state index contributed by atoms with van der Waals surface area (Å²) in [7, 11) is 0. The van der Waals surface area contributed by atoms with E-state index in [1.165, 1.54) is 4.88 Å². The van der Waals surface area contributed by atoms with E-state index in [0.717, 1.165) is 22.3 Å². The van der Waals surface area contributed by atoms with E-state index in [0.29, 0.717) is 12.1 Å². The first-order valence-electron chi connectivity index (χ1n) is 5.42. The lowest BCUT2D eigenvalue weighted by Crippen LogP contribution is -2.00. The van der Waals surface area contributed by atoms with Gasteiger partial charge in [0.25, 0.3) is 0 Å². The number of thiophene rings is 1. The molecule has 0 spiro atoms. The Morgan fingerprint density at radius 2 is 2.22 bits per heavy atom. The van der Waals surface area contributed by atoms with Crippen molar-refractivity contribution in [1.82, 2.24) is 0 Å². The molecule has 92 valence electrons. The highest BCUT2D eigenvalue weighted by Gasteiger charge is 2.03. The largest absolute Gasteiger partial charge is 0.398 e. The van der Waals surface area contributed by atoms with Crippen molar-refractivity contribution in [2.45, 2.75) is 13.0 Å². The van der Waals surface area contributed by atoms with Crippen LogP contribution in [0.25, 0.3) is 0 Å². The van der Waals surface area contributed by atoms with E-state index < -0.39 is 0 Å². The van der Waals surface area contributed by atoms with Gasteiger partial charge in [0.2, 0.25) is 0 Å². The molecule has 0 fully saturated rings. The molecule has 0 aliphatic rings. The fourth-order valence-electron chi connectivity index (χ4n) is 1.59. The van der Waals surface area contributed by atoms with Gasteiger partial charge in [0, 0.05) is 20.7 Å². The lowest BCUT2D eigenvalue weighted by Gasteiger charge is -2.08. The minimum Gasteiger partial charge on any atom is -0.398 e. The summed E-state index contributed by atoms with van der Waals surface area (Å²) >= 11 is 5.20. The summed E-state index contributed by atoms with van der Waals surface area (Å²) < 4.78 is 1.12. The number of nitriles is 1. The van der Waals surface area contributed by atoms with E-state index in [9.17, 15) is 0 Å². The molecule has 5 heteroatoms. The van der Waals surface area contributed by atoms with Crippen molar-refractivity contribution in [2.75, 3.05) is 11.1 Å². The number of nitrogen functional groups attached to an aromatic ring is 1. The molecule has 3 N–H and O–H groups in total. The second-order valence-corrected chi connectivity index (χ2v) is 5.65. The number of nitrogens with two attached hydrogens (primary N) is 1. The van der Waals surface area contributed by atoms with Crippen LogP contribution < -0.4 is 11.1 Å². The number of nitrogens with zero attached hydrogens (tertiary/aromatic N) is 1. The van der Waals surface area contributed by atoms with E-state index in [1.54, 1.807) is 11.3 Å².